The fourth-order valence-corrected chi connectivity index (χ4v) is 1.95. The molecule has 0 saturated carbocycles. The highest BCUT2D eigenvalue weighted by Gasteiger charge is 2.44. The molecule has 1 fully saturated rings. The molecule has 9 nitrogen and oxygen atoms in total. The van der Waals surface area contributed by atoms with Gasteiger partial charge in [0.1, 0.15) is 24.4 Å². The summed E-state index contributed by atoms with van der Waals surface area (Å²) in [4.78, 5) is 14.8. The van der Waals surface area contributed by atoms with Gasteiger partial charge in [0.05, 0.1) is 12.8 Å². The van der Waals surface area contributed by atoms with E-state index in [-0.39, 0.29) is 0 Å². The molecule has 0 aromatic carbocycles. The van der Waals surface area contributed by atoms with E-state index in [2.05, 4.69) is 4.98 Å². The Morgan fingerprint density at radius 3 is 2.60 bits per heavy atom. The van der Waals surface area contributed by atoms with Gasteiger partial charge in [-0.2, -0.15) is 4.98 Å². The summed E-state index contributed by atoms with van der Waals surface area (Å²) < 4.78 is 19.0. The fourth-order valence-electron chi connectivity index (χ4n) is 1.95. The molecule has 6 N–H and O–H groups in total. The summed E-state index contributed by atoms with van der Waals surface area (Å²) in [6.07, 6.45) is -7.04. The minimum atomic E-state index is -1.71. The van der Waals surface area contributed by atoms with Crippen molar-refractivity contribution in [2.75, 3.05) is 12.3 Å². The number of aliphatic hydroxyl groups excluding tert-OH is 4. The predicted octanol–water partition coefficient (Wildman–Crippen LogP) is -3.06. The predicted molar refractivity (Wildman–Crippen MR) is 61.9 cm³/mol. The average Bonchev–Trinajstić information content (AvgIpc) is 2.41. The quantitative estimate of drug-likeness (QED) is 0.385. The number of nitrogens with two attached hydrogens (primary N) is 1. The summed E-state index contributed by atoms with van der Waals surface area (Å²) in [5.74, 6) is -1.63. The Kier molecular flexibility index (Phi) is 4.01. The zero-order valence-corrected chi connectivity index (χ0v) is 10.1. The molecule has 20 heavy (non-hydrogen) atoms. The van der Waals surface area contributed by atoms with E-state index in [9.17, 15) is 24.5 Å². The smallest absolute Gasteiger partial charge is 0.351 e. The van der Waals surface area contributed by atoms with Gasteiger partial charge in [-0.3, -0.25) is 4.57 Å². The van der Waals surface area contributed by atoms with Crippen molar-refractivity contribution in [3.8, 4) is 0 Å². The molecule has 10 heteroatoms. The van der Waals surface area contributed by atoms with E-state index in [0.29, 0.717) is 10.8 Å². The summed E-state index contributed by atoms with van der Waals surface area (Å²) >= 11 is 0. The molecule has 5 atom stereocenters. The van der Waals surface area contributed by atoms with E-state index in [1.54, 1.807) is 0 Å². The number of aromatic nitrogens is 2. The van der Waals surface area contributed by atoms with Crippen LogP contribution in [-0.2, 0) is 4.74 Å². The zero-order chi connectivity index (χ0) is 15.0. The van der Waals surface area contributed by atoms with Gasteiger partial charge in [0, 0.05) is 0 Å². The van der Waals surface area contributed by atoms with E-state index in [0.717, 1.165) is 0 Å². The highest BCUT2D eigenvalue weighted by Crippen LogP contribution is 2.27. The zero-order valence-electron chi connectivity index (χ0n) is 10.1. The number of halogens is 1. The van der Waals surface area contributed by atoms with Gasteiger partial charge >= 0.3 is 5.69 Å². The van der Waals surface area contributed by atoms with Crippen molar-refractivity contribution in [1.82, 2.24) is 9.55 Å². The first-order valence-corrected chi connectivity index (χ1v) is 5.71. The lowest BCUT2D eigenvalue weighted by Crippen LogP contribution is -2.57. The van der Waals surface area contributed by atoms with Crippen LogP contribution in [0.3, 0.4) is 0 Å². The Morgan fingerprint density at radius 1 is 1.35 bits per heavy atom. The number of rotatable bonds is 2. The molecule has 0 bridgehead atoms. The number of anilines is 1. The molecule has 1 saturated heterocycles. The van der Waals surface area contributed by atoms with Crippen LogP contribution < -0.4 is 11.4 Å². The summed E-state index contributed by atoms with van der Waals surface area (Å²) in [6, 6.07) is 0. The van der Waals surface area contributed by atoms with Gasteiger partial charge in [0.15, 0.2) is 17.9 Å². The molecular weight excluding hydrogens is 277 g/mol. The second kappa shape index (κ2) is 5.42. The first-order chi connectivity index (χ1) is 9.36. The van der Waals surface area contributed by atoms with Gasteiger partial charge in [-0.05, 0) is 0 Å². The summed E-state index contributed by atoms with van der Waals surface area (Å²) in [5, 5.41) is 38.0. The Balaban J connectivity index is 2.41. The van der Waals surface area contributed by atoms with Crippen LogP contribution in [0.4, 0.5) is 10.2 Å². The number of nitrogen functional groups attached to an aromatic ring is 1. The molecule has 1 aliphatic rings. The normalized spacial score (nSPS) is 34.1. The Bertz CT molecular complexity index is 550. The van der Waals surface area contributed by atoms with Gasteiger partial charge in [0.25, 0.3) is 0 Å². The van der Waals surface area contributed by atoms with Crippen molar-refractivity contribution in [3.63, 3.8) is 0 Å². The molecule has 5 unspecified atom stereocenters. The van der Waals surface area contributed by atoms with E-state index in [1.807, 2.05) is 0 Å². The lowest BCUT2D eigenvalue weighted by Gasteiger charge is -2.40. The highest BCUT2D eigenvalue weighted by molar-refractivity contribution is 5.26. The van der Waals surface area contributed by atoms with E-state index >= 15 is 0 Å². The third kappa shape index (κ3) is 2.39. The number of hydrogen-bond donors (Lipinski definition) is 5. The SMILES string of the molecule is Nc1nc(=O)n(C2OC(CO)C(O)C(O)C2O)cc1F. The molecule has 112 valence electrons. The van der Waals surface area contributed by atoms with Crippen molar-refractivity contribution in [1.29, 1.82) is 0 Å². The third-order valence-corrected chi connectivity index (χ3v) is 3.08. The van der Waals surface area contributed by atoms with Crippen LogP contribution in [0.15, 0.2) is 11.0 Å². The third-order valence-electron chi connectivity index (χ3n) is 3.08. The highest BCUT2D eigenvalue weighted by atomic mass is 19.1. The molecular formula is C10H14FN3O6. The van der Waals surface area contributed by atoms with Gasteiger partial charge in [0.2, 0.25) is 0 Å². The van der Waals surface area contributed by atoms with E-state index in [1.165, 1.54) is 0 Å². The molecule has 0 amide bonds. The lowest BCUT2D eigenvalue weighted by molar-refractivity contribution is -0.252. The van der Waals surface area contributed by atoms with E-state index in [4.69, 9.17) is 15.6 Å². The molecule has 0 spiro atoms. The largest absolute Gasteiger partial charge is 0.394 e. The molecule has 1 aromatic rings. The average molecular weight is 291 g/mol. The maximum Gasteiger partial charge on any atom is 0.351 e. The number of hydrogen-bond acceptors (Lipinski definition) is 8. The standard InChI is InChI=1S/C10H14FN3O6/c11-3-1-14(10(19)13-8(3)12)9-7(18)6(17)5(16)4(2-15)20-9/h1,4-7,9,15-18H,2H2,(H2,12,13,19). The second-order valence-corrected chi connectivity index (χ2v) is 4.38. The first kappa shape index (κ1) is 14.8. The molecule has 1 aliphatic heterocycles. The van der Waals surface area contributed by atoms with Gasteiger partial charge in [-0.15, -0.1) is 0 Å². The Labute approximate surface area is 111 Å². The maximum absolute atomic E-state index is 13.3. The molecule has 0 radical (unpaired) electrons. The van der Waals surface area contributed by atoms with Crippen LogP contribution in [-0.4, -0.2) is 61.0 Å². The van der Waals surface area contributed by atoms with E-state index < -0.39 is 54.6 Å². The topological polar surface area (TPSA) is 151 Å². The van der Waals surface area contributed by atoms with Crippen molar-refractivity contribution in [2.45, 2.75) is 30.6 Å². The molecule has 1 aromatic heterocycles. The molecule has 2 rings (SSSR count). The fraction of sp³-hybridized carbons (Fsp3) is 0.600. The van der Waals surface area contributed by atoms with Crippen LogP contribution in [0.25, 0.3) is 0 Å². The summed E-state index contributed by atoms with van der Waals surface area (Å²) in [6.45, 7) is -0.666. The molecule has 0 aliphatic carbocycles. The van der Waals surface area contributed by atoms with Crippen molar-refractivity contribution in [3.05, 3.63) is 22.5 Å². The number of ether oxygens (including phenoxy) is 1. The van der Waals surface area contributed by atoms with Crippen molar-refractivity contribution in [2.24, 2.45) is 0 Å². The van der Waals surface area contributed by atoms with Crippen LogP contribution in [0.2, 0.25) is 0 Å². The Hall–Kier alpha value is -1.59. The van der Waals surface area contributed by atoms with Crippen molar-refractivity contribution >= 4 is 5.82 Å². The monoisotopic (exact) mass is 291 g/mol. The summed E-state index contributed by atoms with van der Waals surface area (Å²) in [7, 11) is 0. The minimum Gasteiger partial charge on any atom is -0.394 e. The van der Waals surface area contributed by atoms with Crippen molar-refractivity contribution < 1.29 is 29.6 Å². The first-order valence-electron chi connectivity index (χ1n) is 5.71. The molecule has 2 heterocycles. The Morgan fingerprint density at radius 2 is 2.00 bits per heavy atom. The van der Waals surface area contributed by atoms with Gasteiger partial charge < -0.3 is 30.9 Å². The van der Waals surface area contributed by atoms with Gasteiger partial charge in [-0.25, -0.2) is 9.18 Å². The minimum absolute atomic E-state index is 0.591. The summed E-state index contributed by atoms with van der Waals surface area (Å²) in [5.41, 5.74) is 4.12. The second-order valence-electron chi connectivity index (χ2n) is 4.38. The lowest BCUT2D eigenvalue weighted by atomic mass is 9.98. The van der Waals surface area contributed by atoms with Crippen LogP contribution in [0.1, 0.15) is 6.23 Å². The van der Waals surface area contributed by atoms with Crippen LogP contribution >= 0.6 is 0 Å². The number of nitrogens with zero attached hydrogens (tertiary/aromatic N) is 2. The maximum atomic E-state index is 13.3. The van der Waals surface area contributed by atoms with Gasteiger partial charge in [-0.1, -0.05) is 0 Å². The van der Waals surface area contributed by atoms with Crippen LogP contribution in [0.5, 0.6) is 0 Å². The number of aliphatic hydroxyl groups is 4. The van der Waals surface area contributed by atoms with Crippen LogP contribution in [0, 0.1) is 5.82 Å².